The van der Waals surface area contributed by atoms with E-state index in [0.29, 0.717) is 0 Å². The molecule has 9 heteroatoms. The minimum atomic E-state index is -1.76. The molecule has 140 valence electrons. The van der Waals surface area contributed by atoms with Gasteiger partial charge in [-0.3, -0.25) is 15.6 Å². The van der Waals surface area contributed by atoms with E-state index < -0.39 is 51.6 Å². The number of nitrogens with zero attached hydrogens (tertiary/aromatic N) is 1. The predicted octanol–water partition coefficient (Wildman–Crippen LogP) is 2.11. The summed E-state index contributed by atoms with van der Waals surface area (Å²) >= 11 is 0. The zero-order valence-electron chi connectivity index (χ0n) is 14.7. The molecule has 0 aliphatic carbocycles. The van der Waals surface area contributed by atoms with Gasteiger partial charge in [0.25, 0.3) is 0 Å². The van der Waals surface area contributed by atoms with Crippen molar-refractivity contribution in [3.8, 4) is 0 Å². The van der Waals surface area contributed by atoms with Gasteiger partial charge in [0.15, 0.2) is 17.5 Å². The van der Waals surface area contributed by atoms with Gasteiger partial charge in [0.1, 0.15) is 5.57 Å². The Labute approximate surface area is 144 Å². The summed E-state index contributed by atoms with van der Waals surface area (Å²) in [7, 11) is 3.56. The molecule has 1 rings (SSSR count). The number of ether oxygens (including phenoxy) is 1. The number of allylic oxidation sites excluding steroid dienone is 1. The summed E-state index contributed by atoms with van der Waals surface area (Å²) < 4.78 is 44.9. The van der Waals surface area contributed by atoms with Crippen LogP contribution in [0.5, 0.6) is 0 Å². The molecule has 25 heavy (non-hydrogen) atoms. The Kier molecular flexibility index (Phi) is 8.86. The minimum Gasteiger partial charge on any atom is -0.462 e. The number of halogens is 3. The van der Waals surface area contributed by atoms with E-state index in [2.05, 4.69) is 4.74 Å². The number of hydrogen-bond donors (Lipinski definition) is 2. The summed E-state index contributed by atoms with van der Waals surface area (Å²) in [6, 6.07) is 0. The molecule has 0 bridgehead atoms. The predicted molar refractivity (Wildman–Crippen MR) is 88.1 cm³/mol. The lowest BCUT2D eigenvalue weighted by Gasteiger charge is -2.13. The van der Waals surface area contributed by atoms with Crippen molar-refractivity contribution < 1.29 is 27.5 Å². The molecule has 0 atom stereocenters. The second-order valence-corrected chi connectivity index (χ2v) is 5.07. The lowest BCUT2D eigenvalue weighted by molar-refractivity contribution is -0.138. The van der Waals surface area contributed by atoms with Crippen LogP contribution in [0.15, 0.2) is 11.6 Å². The fourth-order valence-electron chi connectivity index (χ4n) is 1.78. The normalized spacial score (nSPS) is 11.0. The number of Topliss-reactive ketones (excluding diaryl/α,β-unsaturated/α-hetero) is 1. The Morgan fingerprint density at radius 2 is 1.64 bits per heavy atom. The lowest BCUT2D eigenvalue weighted by Crippen LogP contribution is -2.20. The van der Waals surface area contributed by atoms with Crippen LogP contribution in [0.4, 0.5) is 18.9 Å². The second-order valence-electron chi connectivity index (χ2n) is 5.07. The number of nitrogen functional groups attached to an aromatic ring is 1. The first-order valence-corrected chi connectivity index (χ1v) is 7.23. The van der Waals surface area contributed by atoms with Gasteiger partial charge in [-0.1, -0.05) is 6.08 Å². The maximum Gasteiger partial charge on any atom is 0.341 e. The highest BCUT2D eigenvalue weighted by atomic mass is 19.2. The van der Waals surface area contributed by atoms with Crippen LogP contribution >= 0.6 is 0 Å². The van der Waals surface area contributed by atoms with E-state index in [9.17, 15) is 22.8 Å². The first-order chi connectivity index (χ1) is 11.5. The van der Waals surface area contributed by atoms with Gasteiger partial charge in [-0.25, -0.2) is 18.0 Å². The van der Waals surface area contributed by atoms with Gasteiger partial charge < -0.3 is 10.5 Å². The number of hydrogen-bond acceptors (Lipinski definition) is 6. The number of carbonyl (C=O) groups is 2. The summed E-state index contributed by atoms with van der Waals surface area (Å²) in [4.78, 5) is 23.9. The Morgan fingerprint density at radius 1 is 1.16 bits per heavy atom. The Hall–Kier alpha value is -2.39. The average molecular weight is 361 g/mol. The van der Waals surface area contributed by atoms with E-state index in [0.717, 1.165) is 13.0 Å². The summed E-state index contributed by atoms with van der Waals surface area (Å²) in [6.45, 7) is 4.00. The maximum absolute atomic E-state index is 13.6. The summed E-state index contributed by atoms with van der Waals surface area (Å²) in [6.07, 6.45) is 1.14. The lowest BCUT2D eigenvalue weighted by atomic mass is 9.96. The summed E-state index contributed by atoms with van der Waals surface area (Å²) in [5, 5.41) is 1.50. The van der Waals surface area contributed by atoms with Crippen LogP contribution in [-0.2, 0) is 9.53 Å². The van der Waals surface area contributed by atoms with Crippen LogP contribution in [-0.4, -0.2) is 37.5 Å². The van der Waals surface area contributed by atoms with Crippen LogP contribution in [0.25, 0.3) is 0 Å². The van der Waals surface area contributed by atoms with Gasteiger partial charge >= 0.3 is 5.97 Å². The van der Waals surface area contributed by atoms with Crippen molar-refractivity contribution in [1.29, 1.82) is 0 Å². The van der Waals surface area contributed by atoms with Crippen LogP contribution < -0.4 is 11.6 Å². The smallest absolute Gasteiger partial charge is 0.341 e. The zero-order valence-corrected chi connectivity index (χ0v) is 14.7. The number of nitrogens with two attached hydrogens (primary N) is 2. The number of esters is 1. The maximum atomic E-state index is 13.6. The van der Waals surface area contributed by atoms with Crippen LogP contribution in [0, 0.1) is 24.4 Å². The van der Waals surface area contributed by atoms with Crippen molar-refractivity contribution >= 4 is 17.4 Å². The van der Waals surface area contributed by atoms with E-state index in [-0.39, 0.29) is 6.61 Å². The molecule has 0 fully saturated rings. The molecule has 0 heterocycles. The van der Waals surface area contributed by atoms with Crippen molar-refractivity contribution in [2.24, 2.45) is 5.84 Å². The van der Waals surface area contributed by atoms with Crippen LogP contribution in [0.1, 0.15) is 29.8 Å². The molecule has 0 unspecified atom stereocenters. The molecule has 0 radical (unpaired) electrons. The van der Waals surface area contributed by atoms with E-state index in [1.807, 2.05) is 0 Å². The fourth-order valence-corrected chi connectivity index (χ4v) is 1.78. The average Bonchev–Trinajstić information content (AvgIpc) is 2.51. The standard InChI is InChI=1S/C14H14F3NO3.C2H8N2/c1-4-7(14(20)21-5-2)13(19)8-6(3)9(15)10(16)11(17)12(8)18;1-4(2)3/h4H,5,18H2,1-3H3;3H2,1-2H3/b7-4+;. The number of hydrazine groups is 1. The number of carbonyl (C=O) groups excluding carboxylic acids is 2. The van der Waals surface area contributed by atoms with Gasteiger partial charge in [0, 0.05) is 19.7 Å². The van der Waals surface area contributed by atoms with Gasteiger partial charge in [0.05, 0.1) is 17.9 Å². The largest absolute Gasteiger partial charge is 0.462 e. The van der Waals surface area contributed by atoms with Crippen molar-refractivity contribution in [1.82, 2.24) is 5.01 Å². The molecule has 6 nitrogen and oxygen atoms in total. The van der Waals surface area contributed by atoms with Crippen molar-refractivity contribution in [3.05, 3.63) is 40.2 Å². The highest BCUT2D eigenvalue weighted by Crippen LogP contribution is 2.29. The molecule has 0 saturated heterocycles. The molecule has 0 aromatic heterocycles. The number of anilines is 1. The van der Waals surface area contributed by atoms with Crippen LogP contribution in [0.3, 0.4) is 0 Å². The van der Waals surface area contributed by atoms with Crippen molar-refractivity contribution in [2.45, 2.75) is 20.8 Å². The van der Waals surface area contributed by atoms with Crippen molar-refractivity contribution in [3.63, 3.8) is 0 Å². The van der Waals surface area contributed by atoms with E-state index in [1.165, 1.54) is 18.9 Å². The molecule has 1 aromatic rings. The molecule has 0 saturated carbocycles. The first kappa shape index (κ1) is 22.6. The molecular formula is C16H22F3N3O3. The molecule has 0 aliphatic rings. The monoisotopic (exact) mass is 361 g/mol. The summed E-state index contributed by atoms with van der Waals surface area (Å²) in [5.41, 5.74) is 3.00. The highest BCUT2D eigenvalue weighted by Gasteiger charge is 2.29. The van der Waals surface area contributed by atoms with E-state index in [1.54, 1.807) is 14.1 Å². The van der Waals surface area contributed by atoms with E-state index in [4.69, 9.17) is 11.6 Å². The van der Waals surface area contributed by atoms with Gasteiger partial charge in [0.2, 0.25) is 5.78 Å². The Morgan fingerprint density at radius 3 is 2.04 bits per heavy atom. The van der Waals surface area contributed by atoms with Gasteiger partial charge in [-0.15, -0.1) is 0 Å². The number of rotatable bonds is 4. The molecule has 1 aromatic carbocycles. The molecule has 4 N–H and O–H groups in total. The van der Waals surface area contributed by atoms with E-state index >= 15 is 0 Å². The number of ketones is 1. The quantitative estimate of drug-likeness (QED) is 0.0981. The second kappa shape index (κ2) is 9.80. The van der Waals surface area contributed by atoms with Crippen LogP contribution in [0.2, 0.25) is 0 Å². The van der Waals surface area contributed by atoms with Gasteiger partial charge in [-0.05, 0) is 20.8 Å². The molecular weight excluding hydrogens is 339 g/mol. The molecule has 0 spiro atoms. The third kappa shape index (κ3) is 5.57. The summed E-state index contributed by atoms with van der Waals surface area (Å²) in [5.74, 6) is -1.98. The third-order valence-electron chi connectivity index (χ3n) is 2.85. The fraction of sp³-hybridized carbons (Fsp3) is 0.375. The Balaban J connectivity index is 0.00000129. The topological polar surface area (TPSA) is 98.6 Å². The Bertz CT molecular complexity index is 657. The SMILES string of the molecule is C/C=C(/C(=O)OCC)C(=O)c1c(C)c(F)c(F)c(F)c1N.CN(C)N. The van der Waals surface area contributed by atoms with Gasteiger partial charge in [-0.2, -0.15) is 0 Å². The number of benzene rings is 1. The highest BCUT2D eigenvalue weighted by molar-refractivity contribution is 6.26. The third-order valence-corrected chi connectivity index (χ3v) is 2.85. The zero-order chi connectivity index (χ0) is 19.9. The molecule has 0 amide bonds. The first-order valence-electron chi connectivity index (χ1n) is 7.23. The molecule has 0 aliphatic heterocycles. The van der Waals surface area contributed by atoms with Crippen molar-refractivity contribution in [2.75, 3.05) is 26.4 Å². The minimum absolute atomic E-state index is 0.0179.